The van der Waals surface area contributed by atoms with Gasteiger partial charge in [0, 0.05) is 55.1 Å². The van der Waals surface area contributed by atoms with Crippen molar-refractivity contribution >= 4 is 35.5 Å². The minimum atomic E-state index is -0.362. The third-order valence-electron chi connectivity index (χ3n) is 8.87. The summed E-state index contributed by atoms with van der Waals surface area (Å²) in [6.07, 6.45) is 8.78. The highest BCUT2D eigenvalue weighted by atomic mass is 32.2. The number of nitrogens with one attached hydrogen (secondary N) is 5. The summed E-state index contributed by atoms with van der Waals surface area (Å²) < 4.78 is 24.4. The molecule has 4 heterocycles. The molecule has 15 nitrogen and oxygen atoms in total. The van der Waals surface area contributed by atoms with Gasteiger partial charge in [0.05, 0.1) is 64.2 Å². The molecule has 5 N–H and O–H groups in total. The molecule has 0 aromatic carbocycles. The van der Waals surface area contributed by atoms with E-state index in [1.807, 2.05) is 16.3 Å². The molecule has 5 amide bonds. The first-order valence-corrected chi connectivity index (χ1v) is 18.7. The maximum absolute atomic E-state index is 12.6. The predicted octanol–water partition coefficient (Wildman–Crippen LogP) is 1.73. The molecule has 3 saturated heterocycles. The third kappa shape index (κ3) is 13.0. The first-order valence-electron chi connectivity index (χ1n) is 17.7. The Balaban J connectivity index is 0.897. The van der Waals surface area contributed by atoms with Gasteiger partial charge >= 0.3 is 6.03 Å². The summed E-state index contributed by atoms with van der Waals surface area (Å²) in [6, 6.07) is 0.0163. The monoisotopic (exact) mass is 709 g/mol. The van der Waals surface area contributed by atoms with Gasteiger partial charge in [0.1, 0.15) is 11.9 Å². The van der Waals surface area contributed by atoms with Gasteiger partial charge in [0.2, 0.25) is 11.8 Å². The number of thioether (sulfide) groups is 1. The van der Waals surface area contributed by atoms with Crippen molar-refractivity contribution in [3.05, 3.63) is 18.2 Å². The van der Waals surface area contributed by atoms with Gasteiger partial charge in [-0.1, -0.05) is 20.3 Å². The van der Waals surface area contributed by atoms with Gasteiger partial charge in [-0.15, -0.1) is 0 Å². The smallest absolute Gasteiger partial charge is 0.315 e. The van der Waals surface area contributed by atoms with Gasteiger partial charge in [-0.05, 0) is 32.6 Å². The van der Waals surface area contributed by atoms with E-state index >= 15 is 0 Å². The Hall–Kier alpha value is -2.92. The molecule has 7 atom stereocenters. The van der Waals surface area contributed by atoms with Crippen LogP contribution in [0.25, 0.3) is 0 Å². The van der Waals surface area contributed by atoms with Crippen LogP contribution in [-0.4, -0.2) is 121 Å². The van der Waals surface area contributed by atoms with Crippen molar-refractivity contribution in [2.75, 3.05) is 58.5 Å². The van der Waals surface area contributed by atoms with E-state index in [1.165, 1.54) is 0 Å². The lowest BCUT2D eigenvalue weighted by atomic mass is 10.0. The van der Waals surface area contributed by atoms with Crippen molar-refractivity contribution in [1.82, 2.24) is 36.1 Å². The van der Waals surface area contributed by atoms with Crippen LogP contribution in [0.4, 0.5) is 4.79 Å². The van der Waals surface area contributed by atoms with Crippen LogP contribution in [0.3, 0.4) is 0 Å². The molecule has 0 saturated carbocycles. The van der Waals surface area contributed by atoms with Crippen molar-refractivity contribution in [1.29, 1.82) is 0 Å². The SMILES string of the molecule is CC[C@@H]1C[C@H](C)[C@H](n2cnc(C(=O)N[C@@H](C)CC(=O)NCCOCCOCCOCCNC(=O)CCCCC3SCC4NC(=O)NC43)c2)O1. The summed E-state index contributed by atoms with van der Waals surface area (Å²) in [5, 5.41) is 14.9. The van der Waals surface area contributed by atoms with E-state index in [1.54, 1.807) is 19.4 Å². The summed E-state index contributed by atoms with van der Waals surface area (Å²) in [6.45, 7) is 9.23. The summed E-state index contributed by atoms with van der Waals surface area (Å²) in [5.41, 5.74) is 0.296. The number of urea groups is 1. The van der Waals surface area contributed by atoms with Crippen molar-refractivity contribution < 1.29 is 38.1 Å². The number of hydrogen-bond donors (Lipinski definition) is 5. The summed E-state index contributed by atoms with van der Waals surface area (Å²) in [4.78, 5) is 52.7. The average molecular weight is 710 g/mol. The molecule has 4 rings (SSSR count). The standard InChI is InChI=1S/C33H55N7O8S/c1-4-24-17-22(2)32(48-24)40-19-25(36-21-40)31(43)37-23(3)18-29(42)35-10-12-46-14-16-47-15-13-45-11-9-34-28(41)8-6-5-7-27-30-26(20-49-27)38-33(44)39-30/h19,21-24,26-27,30,32H,4-18,20H2,1-3H3,(H,34,41)(H,35,42)(H,37,43)(H2,38,39,44)/t22-,23-,24+,26?,27?,30?,32+/m0/s1. The predicted molar refractivity (Wildman–Crippen MR) is 184 cm³/mol. The average Bonchev–Trinajstić information content (AvgIpc) is 3.86. The first kappa shape index (κ1) is 38.9. The van der Waals surface area contributed by atoms with Gasteiger partial charge in [0.15, 0.2) is 0 Å². The Morgan fingerprint density at radius 1 is 1.04 bits per heavy atom. The Morgan fingerprint density at radius 3 is 2.43 bits per heavy atom. The van der Waals surface area contributed by atoms with Crippen LogP contribution in [0.2, 0.25) is 0 Å². The van der Waals surface area contributed by atoms with Crippen LogP contribution in [0.1, 0.15) is 82.4 Å². The highest BCUT2D eigenvalue weighted by Crippen LogP contribution is 2.35. The second-order valence-corrected chi connectivity index (χ2v) is 14.2. The molecule has 16 heteroatoms. The fourth-order valence-corrected chi connectivity index (χ4v) is 7.81. The van der Waals surface area contributed by atoms with Crippen LogP contribution in [-0.2, 0) is 28.5 Å². The third-order valence-corrected chi connectivity index (χ3v) is 10.4. The number of rotatable bonds is 23. The molecule has 3 aliphatic rings. The molecule has 3 fully saturated rings. The number of nitrogens with zero attached hydrogens (tertiary/aromatic N) is 2. The van der Waals surface area contributed by atoms with E-state index in [-0.39, 0.29) is 60.6 Å². The lowest BCUT2D eigenvalue weighted by Crippen LogP contribution is -2.38. The number of fused-ring (bicyclic) bond motifs is 1. The summed E-state index contributed by atoms with van der Waals surface area (Å²) >= 11 is 1.89. The second kappa shape index (κ2) is 20.7. The first-order chi connectivity index (χ1) is 23.7. The van der Waals surface area contributed by atoms with Gasteiger partial charge in [-0.2, -0.15) is 11.8 Å². The van der Waals surface area contributed by atoms with Crippen LogP contribution in [0, 0.1) is 5.92 Å². The molecule has 3 unspecified atom stereocenters. The molecule has 0 radical (unpaired) electrons. The van der Waals surface area contributed by atoms with E-state index in [9.17, 15) is 19.2 Å². The lowest BCUT2D eigenvalue weighted by molar-refractivity contribution is -0.122. The fraction of sp³-hybridized carbons (Fsp3) is 0.788. The van der Waals surface area contributed by atoms with E-state index in [2.05, 4.69) is 45.4 Å². The van der Waals surface area contributed by atoms with Crippen LogP contribution >= 0.6 is 11.8 Å². The largest absolute Gasteiger partial charge is 0.377 e. The molecule has 0 spiro atoms. The molecule has 1 aromatic heterocycles. The number of carbonyl (C=O) groups is 4. The van der Waals surface area contributed by atoms with Crippen molar-refractivity contribution in [2.45, 2.75) is 101 Å². The Morgan fingerprint density at radius 2 is 1.73 bits per heavy atom. The van der Waals surface area contributed by atoms with Crippen LogP contribution in [0.15, 0.2) is 12.5 Å². The van der Waals surface area contributed by atoms with Gasteiger partial charge in [0.25, 0.3) is 5.91 Å². The molecule has 0 bridgehead atoms. The topological polar surface area (TPSA) is 183 Å². The molecular weight excluding hydrogens is 654 g/mol. The molecule has 49 heavy (non-hydrogen) atoms. The Bertz CT molecular complexity index is 1210. The molecular formula is C33H55N7O8S. The number of unbranched alkanes of at least 4 members (excludes halogenated alkanes) is 1. The Labute approximate surface area is 293 Å². The number of amides is 5. The van der Waals surface area contributed by atoms with Crippen LogP contribution in [0.5, 0.6) is 0 Å². The molecule has 0 aliphatic carbocycles. The van der Waals surface area contributed by atoms with Crippen LogP contribution < -0.4 is 26.6 Å². The normalized spacial score (nSPS) is 25.0. The zero-order valence-corrected chi connectivity index (χ0v) is 29.9. The van der Waals surface area contributed by atoms with E-state index < -0.39 is 0 Å². The van der Waals surface area contributed by atoms with E-state index in [0.717, 1.165) is 37.9 Å². The summed E-state index contributed by atoms with van der Waals surface area (Å²) in [5.74, 6) is 0.809. The van der Waals surface area contributed by atoms with E-state index in [4.69, 9.17) is 18.9 Å². The quantitative estimate of drug-likeness (QED) is 0.0829. The van der Waals surface area contributed by atoms with E-state index in [0.29, 0.717) is 76.0 Å². The molecule has 3 aliphatic heterocycles. The fourth-order valence-electron chi connectivity index (χ4n) is 6.27. The molecule has 1 aromatic rings. The Kier molecular flexibility index (Phi) is 16.4. The zero-order chi connectivity index (χ0) is 35.0. The second-order valence-electron chi connectivity index (χ2n) is 13.0. The maximum atomic E-state index is 12.6. The number of carbonyl (C=O) groups excluding carboxylic acids is 4. The minimum Gasteiger partial charge on any atom is -0.377 e. The number of hydrogen-bond acceptors (Lipinski definition) is 10. The highest BCUT2D eigenvalue weighted by Gasteiger charge is 2.42. The van der Waals surface area contributed by atoms with Crippen molar-refractivity contribution in [3.8, 4) is 0 Å². The van der Waals surface area contributed by atoms with Crippen molar-refractivity contribution in [2.24, 2.45) is 5.92 Å². The number of aromatic nitrogens is 2. The number of ether oxygens (including phenoxy) is 4. The highest BCUT2D eigenvalue weighted by molar-refractivity contribution is 8.00. The van der Waals surface area contributed by atoms with Gasteiger partial charge in [-0.25, -0.2) is 9.78 Å². The minimum absolute atomic E-state index is 0.0245. The summed E-state index contributed by atoms with van der Waals surface area (Å²) in [7, 11) is 0. The zero-order valence-electron chi connectivity index (χ0n) is 29.1. The van der Waals surface area contributed by atoms with Crippen molar-refractivity contribution in [3.63, 3.8) is 0 Å². The number of imidazole rings is 1. The van der Waals surface area contributed by atoms with Gasteiger partial charge < -0.3 is 50.1 Å². The lowest BCUT2D eigenvalue weighted by Gasteiger charge is -2.16. The maximum Gasteiger partial charge on any atom is 0.315 e. The molecule has 276 valence electrons. The van der Waals surface area contributed by atoms with Gasteiger partial charge in [-0.3, -0.25) is 14.4 Å².